The van der Waals surface area contributed by atoms with Crippen molar-refractivity contribution in [3.63, 3.8) is 0 Å². The van der Waals surface area contributed by atoms with Crippen LogP contribution in [0.3, 0.4) is 0 Å². The van der Waals surface area contributed by atoms with Crippen LogP contribution < -0.4 is 5.73 Å². The minimum absolute atomic E-state index is 0.0799. The predicted octanol–water partition coefficient (Wildman–Crippen LogP) is 1.77. The lowest BCUT2D eigenvalue weighted by Gasteiger charge is -2.01. The van der Waals surface area contributed by atoms with Crippen LogP contribution in [0.15, 0.2) is 45.9 Å². The molecule has 0 saturated carbocycles. The molecule has 0 aromatic carbocycles. The molecule has 8 heteroatoms. The number of nitrogens with zero attached hydrogens (tertiary/aromatic N) is 4. The van der Waals surface area contributed by atoms with Gasteiger partial charge in [-0.25, -0.2) is 15.0 Å². The lowest BCUT2D eigenvalue weighted by molar-refractivity contribution is 0.318. The van der Waals surface area contributed by atoms with Crippen molar-refractivity contribution < 1.29 is 5.21 Å². The van der Waals surface area contributed by atoms with Crippen LogP contribution in [-0.4, -0.2) is 26.0 Å². The second kappa shape index (κ2) is 5.65. The molecular formula is C10H8ClN5OS. The van der Waals surface area contributed by atoms with Gasteiger partial charge in [0.1, 0.15) is 15.7 Å². The Labute approximate surface area is 112 Å². The van der Waals surface area contributed by atoms with Gasteiger partial charge in [-0.15, -0.1) is 0 Å². The second-order valence-corrected chi connectivity index (χ2v) is 4.62. The van der Waals surface area contributed by atoms with Crippen molar-refractivity contribution in [2.45, 2.75) is 10.1 Å². The Morgan fingerprint density at radius 3 is 2.50 bits per heavy atom. The first-order valence-corrected chi connectivity index (χ1v) is 5.98. The van der Waals surface area contributed by atoms with Gasteiger partial charge >= 0.3 is 0 Å². The van der Waals surface area contributed by atoms with E-state index in [9.17, 15) is 0 Å². The van der Waals surface area contributed by atoms with Crippen LogP contribution in [0.1, 0.15) is 5.69 Å². The maximum absolute atomic E-state index is 8.49. The molecule has 0 fully saturated rings. The third-order valence-corrected chi connectivity index (χ3v) is 3.00. The molecule has 2 aromatic heterocycles. The lowest BCUT2D eigenvalue weighted by Crippen LogP contribution is -2.15. The average Bonchev–Trinajstić information content (AvgIpc) is 2.41. The molecule has 0 amide bonds. The van der Waals surface area contributed by atoms with Crippen LogP contribution in [0, 0.1) is 0 Å². The first kappa shape index (κ1) is 12.6. The van der Waals surface area contributed by atoms with Crippen molar-refractivity contribution in [1.29, 1.82) is 0 Å². The Balaban J connectivity index is 2.13. The molecule has 0 aliphatic carbocycles. The zero-order valence-corrected chi connectivity index (χ0v) is 10.6. The molecule has 2 aromatic rings. The third-order valence-electron chi connectivity index (χ3n) is 1.91. The highest BCUT2D eigenvalue weighted by molar-refractivity contribution is 7.99. The predicted molar refractivity (Wildman–Crippen MR) is 67.9 cm³/mol. The molecule has 0 bridgehead atoms. The van der Waals surface area contributed by atoms with Gasteiger partial charge in [-0.2, -0.15) is 0 Å². The van der Waals surface area contributed by atoms with Crippen LogP contribution in [0.2, 0.25) is 5.02 Å². The highest BCUT2D eigenvalue weighted by Gasteiger charge is 2.04. The summed E-state index contributed by atoms with van der Waals surface area (Å²) >= 11 is 7.07. The van der Waals surface area contributed by atoms with Crippen LogP contribution in [0.5, 0.6) is 0 Å². The van der Waals surface area contributed by atoms with Crippen LogP contribution in [0.25, 0.3) is 0 Å². The summed E-state index contributed by atoms with van der Waals surface area (Å²) in [4.78, 5) is 12.3. The zero-order valence-electron chi connectivity index (χ0n) is 8.99. The Morgan fingerprint density at radius 1 is 1.17 bits per heavy atom. The van der Waals surface area contributed by atoms with Gasteiger partial charge in [-0.05, 0) is 23.9 Å². The Hall–Kier alpha value is -1.86. The number of rotatable bonds is 3. The molecule has 0 radical (unpaired) electrons. The van der Waals surface area contributed by atoms with Gasteiger partial charge in [0, 0.05) is 6.20 Å². The molecule has 0 aliphatic rings. The number of oxime groups is 1. The van der Waals surface area contributed by atoms with Gasteiger partial charge in [0.25, 0.3) is 0 Å². The summed E-state index contributed by atoms with van der Waals surface area (Å²) in [6.45, 7) is 0. The van der Waals surface area contributed by atoms with E-state index in [1.807, 2.05) is 0 Å². The van der Waals surface area contributed by atoms with Crippen LogP contribution in [0.4, 0.5) is 0 Å². The molecule has 3 N–H and O–H groups in total. The summed E-state index contributed by atoms with van der Waals surface area (Å²) in [5.74, 6) is -0.0799. The molecule has 0 unspecified atom stereocenters. The number of pyridine rings is 1. The molecule has 2 heterocycles. The van der Waals surface area contributed by atoms with Crippen molar-refractivity contribution in [2.24, 2.45) is 10.9 Å². The quantitative estimate of drug-likeness (QED) is 0.385. The smallest absolute Gasteiger partial charge is 0.190 e. The number of halogens is 1. The number of hydrogen-bond acceptors (Lipinski definition) is 6. The fourth-order valence-corrected chi connectivity index (χ4v) is 1.86. The van der Waals surface area contributed by atoms with Crippen molar-refractivity contribution in [2.75, 3.05) is 0 Å². The normalized spacial score (nSPS) is 11.5. The van der Waals surface area contributed by atoms with Gasteiger partial charge in [-0.1, -0.05) is 16.8 Å². The summed E-state index contributed by atoms with van der Waals surface area (Å²) in [6.07, 6.45) is 4.50. The highest BCUT2D eigenvalue weighted by Crippen LogP contribution is 2.23. The topological polar surface area (TPSA) is 97.3 Å². The molecule has 18 heavy (non-hydrogen) atoms. The van der Waals surface area contributed by atoms with Crippen LogP contribution in [-0.2, 0) is 0 Å². The van der Waals surface area contributed by atoms with Gasteiger partial charge < -0.3 is 10.9 Å². The van der Waals surface area contributed by atoms with Crippen molar-refractivity contribution in [3.8, 4) is 0 Å². The highest BCUT2D eigenvalue weighted by atomic mass is 35.5. The van der Waals surface area contributed by atoms with E-state index in [1.54, 1.807) is 18.3 Å². The van der Waals surface area contributed by atoms with E-state index >= 15 is 0 Å². The van der Waals surface area contributed by atoms with Crippen molar-refractivity contribution in [1.82, 2.24) is 15.0 Å². The fourth-order valence-electron chi connectivity index (χ4n) is 1.08. The number of amidine groups is 1. The maximum atomic E-state index is 8.49. The minimum atomic E-state index is -0.0799. The van der Waals surface area contributed by atoms with E-state index in [-0.39, 0.29) is 5.84 Å². The van der Waals surface area contributed by atoms with Gasteiger partial charge in [0.05, 0.1) is 17.4 Å². The van der Waals surface area contributed by atoms with Gasteiger partial charge in [0.15, 0.2) is 5.84 Å². The van der Waals surface area contributed by atoms with E-state index in [4.69, 9.17) is 22.5 Å². The third kappa shape index (κ3) is 3.08. The van der Waals surface area contributed by atoms with E-state index in [0.29, 0.717) is 15.7 Å². The lowest BCUT2D eigenvalue weighted by atomic mass is 10.4. The summed E-state index contributed by atoms with van der Waals surface area (Å²) in [5.41, 5.74) is 5.69. The Kier molecular flexibility index (Phi) is 3.96. The van der Waals surface area contributed by atoms with Gasteiger partial charge in [-0.3, -0.25) is 0 Å². The molecule has 2 rings (SSSR count). The fraction of sp³-hybridized carbons (Fsp3) is 0. The minimum Gasteiger partial charge on any atom is -0.409 e. The zero-order chi connectivity index (χ0) is 13.0. The number of aromatic nitrogens is 3. The first-order valence-electron chi connectivity index (χ1n) is 4.78. The molecular weight excluding hydrogens is 274 g/mol. The standard InChI is InChI=1S/C10H8ClN5OS/c11-6-1-2-8(14-3-6)18-9-5-13-7(4-15-9)10(12)16-17/h1-5,17H,(H2,12,16). The summed E-state index contributed by atoms with van der Waals surface area (Å²) in [6, 6.07) is 3.53. The molecule has 0 aliphatic heterocycles. The Morgan fingerprint density at radius 2 is 1.94 bits per heavy atom. The second-order valence-electron chi connectivity index (χ2n) is 3.14. The SMILES string of the molecule is NC(=NO)c1cnc(Sc2ccc(Cl)cn2)cn1. The summed E-state index contributed by atoms with van der Waals surface area (Å²) in [7, 11) is 0. The summed E-state index contributed by atoms with van der Waals surface area (Å²) in [5, 5.41) is 13.3. The molecule has 0 atom stereocenters. The van der Waals surface area contributed by atoms with E-state index < -0.39 is 0 Å². The summed E-state index contributed by atoms with van der Waals surface area (Å²) < 4.78 is 0. The van der Waals surface area contributed by atoms with E-state index in [2.05, 4.69) is 20.1 Å². The first-order chi connectivity index (χ1) is 8.69. The maximum Gasteiger partial charge on any atom is 0.190 e. The van der Waals surface area contributed by atoms with Gasteiger partial charge in [0.2, 0.25) is 0 Å². The van der Waals surface area contributed by atoms with Crippen molar-refractivity contribution >= 4 is 29.2 Å². The number of nitrogens with two attached hydrogens (primary N) is 1. The van der Waals surface area contributed by atoms with E-state index in [0.717, 1.165) is 5.03 Å². The molecule has 0 saturated heterocycles. The monoisotopic (exact) mass is 281 g/mol. The van der Waals surface area contributed by atoms with Crippen molar-refractivity contribution in [3.05, 3.63) is 41.4 Å². The average molecular weight is 282 g/mol. The molecule has 6 nitrogen and oxygen atoms in total. The molecule has 92 valence electrons. The van der Waals surface area contributed by atoms with E-state index in [1.165, 1.54) is 24.2 Å². The number of hydrogen-bond donors (Lipinski definition) is 2. The van der Waals surface area contributed by atoms with Crippen LogP contribution >= 0.6 is 23.4 Å². The largest absolute Gasteiger partial charge is 0.409 e. The Bertz CT molecular complexity index is 557. The molecule has 0 spiro atoms.